The van der Waals surface area contributed by atoms with E-state index < -0.39 is 10.9 Å². The first kappa shape index (κ1) is 15.6. The highest BCUT2D eigenvalue weighted by molar-refractivity contribution is 7.99. The van der Waals surface area contributed by atoms with Crippen molar-refractivity contribution in [1.82, 2.24) is 0 Å². The highest BCUT2D eigenvalue weighted by atomic mass is 32.2. The number of anilines is 1. The monoisotopic (exact) mass is 310 g/mol. The second-order valence-corrected chi connectivity index (χ2v) is 6.60. The summed E-state index contributed by atoms with van der Waals surface area (Å²) >= 11 is 1.94. The van der Waals surface area contributed by atoms with Crippen LogP contribution in [0.15, 0.2) is 18.2 Å². The minimum absolute atomic E-state index is 0.281. The molecule has 1 aliphatic rings. The maximum Gasteiger partial charge on any atom is 0.342 e. The summed E-state index contributed by atoms with van der Waals surface area (Å²) in [5.41, 5.74) is -0.0415. The number of carboxylic acids is 1. The molecule has 0 radical (unpaired) electrons. The van der Waals surface area contributed by atoms with Gasteiger partial charge < -0.3 is 10.4 Å². The lowest BCUT2D eigenvalue weighted by Crippen LogP contribution is -2.16. The van der Waals surface area contributed by atoms with Crippen molar-refractivity contribution in [3.05, 3.63) is 33.9 Å². The zero-order valence-electron chi connectivity index (χ0n) is 11.7. The van der Waals surface area contributed by atoms with Gasteiger partial charge in [0.25, 0.3) is 5.69 Å². The van der Waals surface area contributed by atoms with Crippen molar-refractivity contribution >= 4 is 29.1 Å². The Kier molecular flexibility index (Phi) is 5.06. The van der Waals surface area contributed by atoms with Crippen LogP contribution in [0.25, 0.3) is 0 Å². The number of hydrogen-bond acceptors (Lipinski definition) is 5. The molecule has 1 saturated carbocycles. The molecule has 2 atom stereocenters. The molecule has 6 nitrogen and oxygen atoms in total. The molecule has 0 spiro atoms. The summed E-state index contributed by atoms with van der Waals surface area (Å²) in [6.07, 6.45) is 3.21. The number of benzene rings is 1. The normalized spacial score (nSPS) is 21.2. The lowest BCUT2D eigenvalue weighted by atomic mass is 10.1. The minimum atomic E-state index is -1.28. The zero-order chi connectivity index (χ0) is 15.4. The fraction of sp³-hybridized carbons (Fsp3) is 0.500. The Labute approximate surface area is 127 Å². The molecule has 2 unspecified atom stereocenters. The number of carbonyl (C=O) groups is 1. The van der Waals surface area contributed by atoms with Gasteiger partial charge in [-0.05, 0) is 37.1 Å². The van der Waals surface area contributed by atoms with Crippen LogP contribution in [0.3, 0.4) is 0 Å². The van der Waals surface area contributed by atoms with E-state index in [0.29, 0.717) is 17.0 Å². The van der Waals surface area contributed by atoms with Gasteiger partial charge in [0.15, 0.2) is 0 Å². The third-order valence-electron chi connectivity index (χ3n) is 3.58. The van der Waals surface area contributed by atoms with Gasteiger partial charge in [0, 0.05) is 23.0 Å². The van der Waals surface area contributed by atoms with Gasteiger partial charge in [0.1, 0.15) is 5.56 Å². The molecule has 0 heterocycles. The molecule has 1 aliphatic carbocycles. The molecule has 0 bridgehead atoms. The molecule has 0 amide bonds. The molecular formula is C14H18N2O4S. The lowest BCUT2D eigenvalue weighted by molar-refractivity contribution is -0.385. The van der Waals surface area contributed by atoms with Crippen LogP contribution in [0.1, 0.15) is 36.5 Å². The quantitative estimate of drug-likeness (QED) is 0.618. The van der Waals surface area contributed by atoms with E-state index >= 15 is 0 Å². The van der Waals surface area contributed by atoms with E-state index in [1.165, 1.54) is 12.1 Å². The number of nitro groups is 1. The van der Waals surface area contributed by atoms with E-state index in [0.717, 1.165) is 25.0 Å². The second kappa shape index (κ2) is 6.80. The van der Waals surface area contributed by atoms with Crippen molar-refractivity contribution in [2.75, 3.05) is 11.1 Å². The Balaban J connectivity index is 2.09. The molecule has 0 aromatic heterocycles. The Bertz CT molecular complexity index is 550. The van der Waals surface area contributed by atoms with Gasteiger partial charge in [-0.3, -0.25) is 10.1 Å². The SMILES string of the molecule is CCSC1CCC(Nc2ccc(C(=O)O)c([N+](=O)[O-])c2)C1. The van der Waals surface area contributed by atoms with Crippen LogP contribution in [-0.2, 0) is 0 Å². The molecule has 0 aliphatic heterocycles. The van der Waals surface area contributed by atoms with E-state index in [2.05, 4.69) is 12.2 Å². The van der Waals surface area contributed by atoms with Gasteiger partial charge in [0.2, 0.25) is 0 Å². The van der Waals surface area contributed by atoms with Crippen LogP contribution in [-0.4, -0.2) is 33.0 Å². The molecule has 1 fully saturated rings. The van der Waals surface area contributed by atoms with Gasteiger partial charge in [-0.25, -0.2) is 4.79 Å². The number of nitro benzene ring substituents is 1. The number of aromatic carboxylic acids is 1. The van der Waals surface area contributed by atoms with Crippen molar-refractivity contribution in [3.8, 4) is 0 Å². The van der Waals surface area contributed by atoms with Crippen molar-refractivity contribution in [2.24, 2.45) is 0 Å². The van der Waals surface area contributed by atoms with Crippen molar-refractivity contribution in [2.45, 2.75) is 37.5 Å². The van der Waals surface area contributed by atoms with Crippen LogP contribution in [0.2, 0.25) is 0 Å². The van der Waals surface area contributed by atoms with E-state index in [-0.39, 0.29) is 11.3 Å². The van der Waals surface area contributed by atoms with Gasteiger partial charge in [0.05, 0.1) is 4.92 Å². The van der Waals surface area contributed by atoms with E-state index in [1.54, 1.807) is 6.07 Å². The van der Waals surface area contributed by atoms with E-state index in [9.17, 15) is 14.9 Å². The van der Waals surface area contributed by atoms with Gasteiger partial charge in [-0.1, -0.05) is 6.92 Å². The average molecular weight is 310 g/mol. The fourth-order valence-electron chi connectivity index (χ4n) is 2.65. The minimum Gasteiger partial charge on any atom is -0.477 e. The van der Waals surface area contributed by atoms with Crippen molar-refractivity contribution in [3.63, 3.8) is 0 Å². The van der Waals surface area contributed by atoms with Gasteiger partial charge in [-0.15, -0.1) is 0 Å². The number of nitrogens with zero attached hydrogens (tertiary/aromatic N) is 1. The third-order valence-corrected chi connectivity index (χ3v) is 4.82. The number of rotatable bonds is 6. The Morgan fingerprint density at radius 2 is 2.29 bits per heavy atom. The number of nitrogens with one attached hydrogen (secondary N) is 1. The number of hydrogen-bond donors (Lipinski definition) is 2. The number of carboxylic acid groups (broad SMARTS) is 1. The fourth-order valence-corrected chi connectivity index (χ4v) is 3.79. The van der Waals surface area contributed by atoms with Crippen LogP contribution in [0.5, 0.6) is 0 Å². The largest absolute Gasteiger partial charge is 0.477 e. The van der Waals surface area contributed by atoms with Crippen LogP contribution in [0.4, 0.5) is 11.4 Å². The predicted octanol–water partition coefficient (Wildman–Crippen LogP) is 3.38. The number of thioether (sulfide) groups is 1. The molecule has 0 saturated heterocycles. The van der Waals surface area contributed by atoms with E-state index in [4.69, 9.17) is 5.11 Å². The average Bonchev–Trinajstić information content (AvgIpc) is 2.86. The van der Waals surface area contributed by atoms with Crippen LogP contribution < -0.4 is 5.32 Å². The molecule has 1 aromatic carbocycles. The summed E-state index contributed by atoms with van der Waals surface area (Å²) in [5, 5.41) is 23.8. The molecule has 2 N–H and O–H groups in total. The topological polar surface area (TPSA) is 92.5 Å². The summed E-state index contributed by atoms with van der Waals surface area (Å²) in [4.78, 5) is 21.3. The summed E-state index contributed by atoms with van der Waals surface area (Å²) < 4.78 is 0. The smallest absolute Gasteiger partial charge is 0.342 e. The molecule has 1 aromatic rings. The van der Waals surface area contributed by atoms with Crippen LogP contribution in [0, 0.1) is 10.1 Å². The molecule has 114 valence electrons. The van der Waals surface area contributed by atoms with Gasteiger partial charge >= 0.3 is 5.97 Å². The lowest BCUT2D eigenvalue weighted by Gasteiger charge is -2.14. The van der Waals surface area contributed by atoms with E-state index in [1.807, 2.05) is 11.8 Å². The summed E-state index contributed by atoms with van der Waals surface area (Å²) in [5.74, 6) is -0.190. The third kappa shape index (κ3) is 3.87. The summed E-state index contributed by atoms with van der Waals surface area (Å²) in [6, 6.07) is 4.49. The maximum absolute atomic E-state index is 11.0. The Morgan fingerprint density at radius 3 is 2.90 bits per heavy atom. The summed E-state index contributed by atoms with van der Waals surface area (Å²) in [7, 11) is 0. The second-order valence-electron chi connectivity index (χ2n) is 5.03. The molecule has 2 rings (SSSR count). The predicted molar refractivity (Wildman–Crippen MR) is 83.2 cm³/mol. The van der Waals surface area contributed by atoms with Gasteiger partial charge in [-0.2, -0.15) is 11.8 Å². The first-order valence-corrected chi connectivity index (χ1v) is 7.96. The highest BCUT2D eigenvalue weighted by Crippen LogP contribution is 2.32. The molecular weight excluding hydrogens is 292 g/mol. The molecule has 21 heavy (non-hydrogen) atoms. The first-order chi connectivity index (χ1) is 10.0. The maximum atomic E-state index is 11.0. The Hall–Kier alpha value is -1.76. The summed E-state index contributed by atoms with van der Waals surface area (Å²) in [6.45, 7) is 2.14. The van der Waals surface area contributed by atoms with Crippen molar-refractivity contribution < 1.29 is 14.8 Å². The van der Waals surface area contributed by atoms with Crippen LogP contribution >= 0.6 is 11.8 Å². The molecule has 7 heteroatoms. The van der Waals surface area contributed by atoms with Crippen molar-refractivity contribution in [1.29, 1.82) is 0 Å². The Morgan fingerprint density at radius 1 is 1.52 bits per heavy atom. The zero-order valence-corrected chi connectivity index (χ0v) is 12.6. The first-order valence-electron chi connectivity index (χ1n) is 6.91. The standard InChI is InChI=1S/C14H18N2O4S/c1-2-21-11-5-3-9(7-11)15-10-4-6-12(14(17)18)13(8-10)16(19)20/h4,6,8-9,11,15H,2-3,5,7H2,1H3,(H,17,18). The highest BCUT2D eigenvalue weighted by Gasteiger charge is 2.26.